The monoisotopic (exact) mass is 496 g/mol. The molecule has 1 saturated heterocycles. The Morgan fingerprint density at radius 2 is 1.67 bits per heavy atom. The first-order valence-corrected chi connectivity index (χ1v) is 11.9. The van der Waals surface area contributed by atoms with Gasteiger partial charge >= 0.3 is 5.97 Å². The van der Waals surface area contributed by atoms with Crippen LogP contribution in [0.4, 0.5) is 5.69 Å². The number of nitrogens with zero attached hydrogens (tertiary/aromatic N) is 3. The van der Waals surface area contributed by atoms with Crippen LogP contribution in [0.15, 0.2) is 47.5 Å². The van der Waals surface area contributed by atoms with Crippen molar-refractivity contribution in [3.05, 3.63) is 48.0 Å². The van der Waals surface area contributed by atoms with E-state index in [0.717, 1.165) is 24.5 Å². The molecule has 2 atom stereocenters. The summed E-state index contributed by atoms with van der Waals surface area (Å²) in [5, 5.41) is 2.84. The van der Waals surface area contributed by atoms with Gasteiger partial charge in [-0.25, -0.2) is 4.99 Å². The molecular weight excluding hydrogens is 464 g/mol. The van der Waals surface area contributed by atoms with Gasteiger partial charge in [-0.3, -0.25) is 14.9 Å². The normalized spacial score (nSPS) is 19.8. The number of piperazine rings is 1. The first-order valence-electron chi connectivity index (χ1n) is 11.9. The maximum atomic E-state index is 13.2. The second kappa shape index (κ2) is 11.2. The largest absolute Gasteiger partial charge is 0.497 e. The lowest BCUT2D eigenvalue weighted by Gasteiger charge is -2.39. The van der Waals surface area contributed by atoms with Crippen molar-refractivity contribution in [2.75, 3.05) is 59.0 Å². The van der Waals surface area contributed by atoms with Crippen LogP contribution < -0.4 is 24.4 Å². The van der Waals surface area contributed by atoms with Crippen LogP contribution in [0.2, 0.25) is 0 Å². The number of anilines is 1. The van der Waals surface area contributed by atoms with Gasteiger partial charge in [-0.1, -0.05) is 6.07 Å². The number of hydrogen-bond acceptors (Lipinski definition) is 9. The molecule has 2 aliphatic rings. The molecule has 0 bridgehead atoms. The van der Waals surface area contributed by atoms with Crippen molar-refractivity contribution in [2.45, 2.75) is 13.0 Å². The summed E-state index contributed by atoms with van der Waals surface area (Å²) in [7, 11) is 4.74. The van der Waals surface area contributed by atoms with Gasteiger partial charge in [0.1, 0.15) is 23.3 Å². The van der Waals surface area contributed by atoms with Crippen molar-refractivity contribution >= 4 is 23.5 Å². The third kappa shape index (κ3) is 5.17. The Labute approximate surface area is 210 Å². The van der Waals surface area contributed by atoms with E-state index in [1.54, 1.807) is 39.3 Å². The van der Waals surface area contributed by atoms with Gasteiger partial charge in [0.2, 0.25) is 11.9 Å². The van der Waals surface area contributed by atoms with E-state index in [1.165, 1.54) is 7.11 Å². The van der Waals surface area contributed by atoms with Crippen LogP contribution in [-0.4, -0.2) is 76.9 Å². The Bertz CT molecular complexity index is 1130. The van der Waals surface area contributed by atoms with Crippen LogP contribution in [-0.2, 0) is 14.3 Å². The summed E-state index contributed by atoms with van der Waals surface area (Å²) < 4.78 is 21.4. The molecule has 0 aromatic heterocycles. The summed E-state index contributed by atoms with van der Waals surface area (Å²) in [6, 6.07) is 12.4. The van der Waals surface area contributed by atoms with Gasteiger partial charge < -0.3 is 28.7 Å². The quantitative estimate of drug-likeness (QED) is 0.460. The van der Waals surface area contributed by atoms with Crippen molar-refractivity contribution in [1.82, 2.24) is 10.2 Å². The average Bonchev–Trinajstić information content (AvgIpc) is 2.92. The fraction of sp³-hybridized carbons (Fsp3) is 0.423. The van der Waals surface area contributed by atoms with Gasteiger partial charge in [0.15, 0.2) is 5.92 Å². The van der Waals surface area contributed by atoms with Crippen molar-refractivity contribution in [1.29, 1.82) is 0 Å². The highest BCUT2D eigenvalue weighted by Crippen LogP contribution is 2.38. The number of rotatable bonds is 7. The van der Waals surface area contributed by atoms with Crippen LogP contribution in [0.5, 0.6) is 17.2 Å². The number of hydrogen-bond donors (Lipinski definition) is 1. The third-order valence-electron chi connectivity index (χ3n) is 6.39. The second-order valence-corrected chi connectivity index (χ2v) is 8.40. The van der Waals surface area contributed by atoms with E-state index in [4.69, 9.17) is 23.9 Å². The van der Waals surface area contributed by atoms with Gasteiger partial charge in [0, 0.05) is 49.6 Å². The topological polar surface area (TPSA) is 102 Å². The molecule has 0 saturated carbocycles. The lowest BCUT2D eigenvalue weighted by Crippen LogP contribution is -2.57. The Morgan fingerprint density at radius 3 is 2.33 bits per heavy atom. The highest BCUT2D eigenvalue weighted by Gasteiger charge is 2.43. The molecular formula is C26H32N4O6. The molecule has 1 amide bonds. The Morgan fingerprint density at radius 1 is 0.972 bits per heavy atom. The minimum absolute atomic E-state index is 0.165. The fourth-order valence-electron chi connectivity index (χ4n) is 4.49. The summed E-state index contributed by atoms with van der Waals surface area (Å²) in [6.45, 7) is 4.63. The fourth-order valence-corrected chi connectivity index (χ4v) is 4.49. The summed E-state index contributed by atoms with van der Waals surface area (Å²) in [6.07, 6.45) is 0. The molecule has 0 radical (unpaired) electrons. The van der Waals surface area contributed by atoms with Gasteiger partial charge in [-0.15, -0.1) is 0 Å². The number of aliphatic imine (C=N–C) groups is 1. The molecule has 2 aliphatic heterocycles. The summed E-state index contributed by atoms with van der Waals surface area (Å²) >= 11 is 0. The van der Waals surface area contributed by atoms with Crippen molar-refractivity contribution in [3.63, 3.8) is 0 Å². The number of amides is 1. The standard InChI is InChI=1S/C26H32N4O6/c1-5-36-25(32)22-23(20-10-9-19(34-3)16-21(20)35-4)27-26(28-24(22)31)30-13-11-29(12-14-30)17-7-6-8-18(15-17)33-2/h6-10,15-16,22-23H,5,11-14H2,1-4H3,(H,27,28,31)/t22-,23+/m0/s1. The molecule has 2 aromatic carbocycles. The number of nitrogens with one attached hydrogen (secondary N) is 1. The van der Waals surface area contributed by atoms with E-state index >= 15 is 0 Å². The molecule has 10 heteroatoms. The molecule has 2 heterocycles. The van der Waals surface area contributed by atoms with Crippen LogP contribution >= 0.6 is 0 Å². The number of carbonyl (C=O) groups is 2. The maximum Gasteiger partial charge on any atom is 0.321 e. The molecule has 0 aliphatic carbocycles. The lowest BCUT2D eigenvalue weighted by molar-refractivity contribution is -0.153. The van der Waals surface area contributed by atoms with Crippen LogP contribution in [0, 0.1) is 5.92 Å². The Hall–Kier alpha value is -3.95. The first kappa shape index (κ1) is 25.2. The van der Waals surface area contributed by atoms with E-state index < -0.39 is 23.8 Å². The van der Waals surface area contributed by atoms with E-state index in [0.29, 0.717) is 36.1 Å². The lowest BCUT2D eigenvalue weighted by atomic mass is 9.90. The molecule has 0 spiro atoms. The van der Waals surface area contributed by atoms with Gasteiger partial charge in [-0.05, 0) is 31.2 Å². The molecule has 192 valence electrons. The zero-order chi connectivity index (χ0) is 25.7. The van der Waals surface area contributed by atoms with Crippen molar-refractivity contribution in [3.8, 4) is 17.2 Å². The predicted molar refractivity (Wildman–Crippen MR) is 135 cm³/mol. The zero-order valence-corrected chi connectivity index (χ0v) is 21.0. The number of esters is 1. The Balaban J connectivity index is 1.61. The van der Waals surface area contributed by atoms with E-state index in [1.807, 2.05) is 29.2 Å². The predicted octanol–water partition coefficient (Wildman–Crippen LogP) is 2.24. The zero-order valence-electron chi connectivity index (χ0n) is 21.0. The first-order chi connectivity index (χ1) is 17.5. The molecule has 1 N–H and O–H groups in total. The molecule has 1 fully saturated rings. The SMILES string of the molecule is CCOC(=O)[C@@H]1C(=O)NC(N2CCN(c3cccc(OC)c3)CC2)=N[C@@H]1c1ccc(OC)cc1OC. The third-order valence-corrected chi connectivity index (χ3v) is 6.39. The number of ether oxygens (including phenoxy) is 4. The van der Waals surface area contributed by atoms with Gasteiger partial charge in [0.05, 0.1) is 27.9 Å². The molecule has 0 unspecified atom stereocenters. The minimum Gasteiger partial charge on any atom is -0.497 e. The number of methoxy groups -OCH3 is 3. The van der Waals surface area contributed by atoms with Gasteiger partial charge in [-0.2, -0.15) is 0 Å². The summed E-state index contributed by atoms with van der Waals surface area (Å²) in [4.78, 5) is 35.2. The molecule has 36 heavy (non-hydrogen) atoms. The second-order valence-electron chi connectivity index (χ2n) is 8.40. The molecule has 10 nitrogen and oxygen atoms in total. The van der Waals surface area contributed by atoms with Crippen molar-refractivity contribution < 1.29 is 28.5 Å². The van der Waals surface area contributed by atoms with Crippen LogP contribution in [0.25, 0.3) is 0 Å². The highest BCUT2D eigenvalue weighted by atomic mass is 16.5. The minimum atomic E-state index is -1.13. The highest BCUT2D eigenvalue weighted by molar-refractivity contribution is 6.08. The maximum absolute atomic E-state index is 13.2. The van der Waals surface area contributed by atoms with Crippen LogP contribution in [0.1, 0.15) is 18.5 Å². The van der Waals surface area contributed by atoms with Crippen LogP contribution in [0.3, 0.4) is 0 Å². The molecule has 4 rings (SSSR count). The number of carbonyl (C=O) groups excluding carboxylic acids is 2. The number of guanidine groups is 1. The van der Waals surface area contributed by atoms with E-state index in [9.17, 15) is 9.59 Å². The Kier molecular flexibility index (Phi) is 7.82. The average molecular weight is 497 g/mol. The molecule has 2 aromatic rings. The van der Waals surface area contributed by atoms with E-state index in [-0.39, 0.29) is 6.61 Å². The van der Waals surface area contributed by atoms with Crippen molar-refractivity contribution in [2.24, 2.45) is 10.9 Å². The summed E-state index contributed by atoms with van der Waals surface area (Å²) in [5.41, 5.74) is 1.69. The smallest absolute Gasteiger partial charge is 0.321 e. The summed E-state index contributed by atoms with van der Waals surface area (Å²) in [5.74, 6) is 0.124. The number of benzene rings is 2. The van der Waals surface area contributed by atoms with E-state index in [2.05, 4.69) is 10.2 Å². The van der Waals surface area contributed by atoms with Gasteiger partial charge in [0.25, 0.3) is 0 Å².